The van der Waals surface area contributed by atoms with E-state index in [2.05, 4.69) is 66.6 Å². The third-order valence-corrected chi connectivity index (χ3v) is 5.36. The van der Waals surface area contributed by atoms with Gasteiger partial charge in [0.15, 0.2) is 17.0 Å². The molecule has 1 aliphatic heterocycles. The Kier molecular flexibility index (Phi) is 5.75. The Labute approximate surface area is 178 Å². The number of ether oxygens (including phenoxy) is 1. The Bertz CT molecular complexity index is 1010. The van der Waals surface area contributed by atoms with Crippen molar-refractivity contribution in [2.45, 2.75) is 27.3 Å². The zero-order chi connectivity index (χ0) is 21.3. The summed E-state index contributed by atoms with van der Waals surface area (Å²) in [7, 11) is 4.24. The van der Waals surface area contributed by atoms with Gasteiger partial charge in [-0.2, -0.15) is 0 Å². The Morgan fingerprint density at radius 1 is 1.03 bits per heavy atom. The van der Waals surface area contributed by atoms with E-state index in [4.69, 9.17) is 19.7 Å². The lowest BCUT2D eigenvalue weighted by Gasteiger charge is -2.30. The molecule has 3 heterocycles. The zero-order valence-corrected chi connectivity index (χ0v) is 18.7. The minimum Gasteiger partial charge on any atom is -0.378 e. The number of hydrogen-bond acceptors (Lipinski definition) is 6. The van der Waals surface area contributed by atoms with Gasteiger partial charge < -0.3 is 19.1 Å². The van der Waals surface area contributed by atoms with E-state index in [1.807, 2.05) is 13.0 Å². The van der Waals surface area contributed by atoms with Gasteiger partial charge in [0.2, 0.25) is 0 Å². The lowest BCUT2D eigenvalue weighted by molar-refractivity contribution is 0.122. The van der Waals surface area contributed by atoms with Gasteiger partial charge in [0, 0.05) is 31.7 Å². The average molecular weight is 409 g/mol. The maximum atomic E-state index is 5.55. The number of imidazole rings is 1. The Balaban J connectivity index is 1.89. The highest BCUT2D eigenvalue weighted by atomic mass is 16.5. The molecule has 0 unspecified atom stereocenters. The Hall–Kier alpha value is -2.51. The van der Waals surface area contributed by atoms with Crippen LogP contribution < -0.4 is 4.90 Å². The molecule has 7 nitrogen and oxygen atoms in total. The van der Waals surface area contributed by atoms with Crippen LogP contribution in [0.4, 0.5) is 5.82 Å². The van der Waals surface area contributed by atoms with Crippen LogP contribution in [0, 0.1) is 12.3 Å². The van der Waals surface area contributed by atoms with Crippen LogP contribution in [0.15, 0.2) is 30.3 Å². The topological polar surface area (TPSA) is 59.3 Å². The fourth-order valence-corrected chi connectivity index (χ4v) is 4.38. The van der Waals surface area contributed by atoms with Gasteiger partial charge in [0.25, 0.3) is 0 Å². The van der Waals surface area contributed by atoms with Crippen LogP contribution >= 0.6 is 0 Å². The molecule has 0 amide bonds. The molecule has 1 saturated heterocycles. The van der Waals surface area contributed by atoms with E-state index in [1.54, 1.807) is 0 Å². The quantitative estimate of drug-likeness (QED) is 0.624. The van der Waals surface area contributed by atoms with Gasteiger partial charge in [0.1, 0.15) is 11.6 Å². The predicted octanol–water partition coefficient (Wildman–Crippen LogP) is 3.23. The van der Waals surface area contributed by atoms with Crippen molar-refractivity contribution in [1.82, 2.24) is 24.4 Å². The first-order valence-corrected chi connectivity index (χ1v) is 10.6. The molecular weight excluding hydrogens is 376 g/mol. The summed E-state index contributed by atoms with van der Waals surface area (Å²) in [6.45, 7) is 11.4. The number of benzene rings is 1. The fraction of sp³-hybridized carbons (Fsp3) is 0.522. The molecule has 1 aliphatic rings. The minimum atomic E-state index is 0.0542. The van der Waals surface area contributed by atoms with Gasteiger partial charge >= 0.3 is 0 Å². The number of fused-ring (bicyclic) bond motifs is 1. The molecule has 7 heteroatoms. The molecule has 160 valence electrons. The van der Waals surface area contributed by atoms with Crippen LogP contribution in [0.1, 0.15) is 19.7 Å². The minimum absolute atomic E-state index is 0.0542. The van der Waals surface area contributed by atoms with E-state index in [-0.39, 0.29) is 5.41 Å². The summed E-state index contributed by atoms with van der Waals surface area (Å²) in [4.78, 5) is 19.3. The first kappa shape index (κ1) is 20.8. The van der Waals surface area contributed by atoms with E-state index >= 15 is 0 Å². The van der Waals surface area contributed by atoms with Crippen molar-refractivity contribution < 1.29 is 4.74 Å². The fourth-order valence-electron chi connectivity index (χ4n) is 4.38. The third kappa shape index (κ3) is 4.32. The molecule has 0 N–H and O–H groups in total. The van der Waals surface area contributed by atoms with Crippen LogP contribution in [0.25, 0.3) is 22.6 Å². The van der Waals surface area contributed by atoms with Gasteiger partial charge in [-0.3, -0.25) is 0 Å². The van der Waals surface area contributed by atoms with Crippen LogP contribution in [0.3, 0.4) is 0 Å². The van der Waals surface area contributed by atoms with Crippen LogP contribution in [-0.4, -0.2) is 71.4 Å². The molecule has 0 bridgehead atoms. The number of aryl methyl sites for hydroxylation is 1. The van der Waals surface area contributed by atoms with Crippen molar-refractivity contribution in [1.29, 1.82) is 0 Å². The standard InChI is InChI=1S/C23H32N6O/c1-17-24-21(28-11-13-30-14-12-28)19-22(25-17)29(16-23(2,3)15-27(4)5)20(26-19)18-9-7-6-8-10-18/h6-10H,11-16H2,1-5H3. The highest BCUT2D eigenvalue weighted by Crippen LogP contribution is 2.32. The van der Waals surface area contributed by atoms with E-state index in [9.17, 15) is 0 Å². The maximum Gasteiger partial charge on any atom is 0.166 e. The summed E-state index contributed by atoms with van der Waals surface area (Å²) < 4.78 is 7.83. The molecule has 4 rings (SSSR count). The van der Waals surface area contributed by atoms with Gasteiger partial charge in [-0.25, -0.2) is 15.0 Å². The van der Waals surface area contributed by atoms with Crippen LogP contribution in [0.2, 0.25) is 0 Å². The van der Waals surface area contributed by atoms with Crippen molar-refractivity contribution >= 4 is 17.0 Å². The molecule has 3 aromatic rings. The Morgan fingerprint density at radius 2 is 1.73 bits per heavy atom. The van der Waals surface area contributed by atoms with Crippen LogP contribution in [-0.2, 0) is 11.3 Å². The molecule has 0 atom stereocenters. The number of rotatable bonds is 6. The number of nitrogens with zero attached hydrogens (tertiary/aromatic N) is 6. The maximum absolute atomic E-state index is 5.55. The number of anilines is 1. The van der Waals surface area contributed by atoms with Gasteiger partial charge in [0.05, 0.1) is 13.2 Å². The van der Waals surface area contributed by atoms with Gasteiger partial charge in [-0.05, 0) is 26.4 Å². The van der Waals surface area contributed by atoms with E-state index in [1.165, 1.54) is 0 Å². The summed E-state index contributed by atoms with van der Waals surface area (Å²) in [5, 5.41) is 0. The molecule has 30 heavy (non-hydrogen) atoms. The number of hydrogen-bond donors (Lipinski definition) is 0. The summed E-state index contributed by atoms with van der Waals surface area (Å²) in [6.07, 6.45) is 0. The lowest BCUT2D eigenvalue weighted by atomic mass is 9.92. The average Bonchev–Trinajstić information content (AvgIpc) is 3.05. The zero-order valence-electron chi connectivity index (χ0n) is 18.7. The summed E-state index contributed by atoms with van der Waals surface area (Å²) in [6, 6.07) is 10.4. The molecular formula is C23H32N6O. The molecule has 0 spiro atoms. The van der Waals surface area contributed by atoms with Crippen molar-refractivity contribution in [3.05, 3.63) is 36.2 Å². The van der Waals surface area contributed by atoms with E-state index < -0.39 is 0 Å². The van der Waals surface area contributed by atoms with E-state index in [0.29, 0.717) is 13.2 Å². The van der Waals surface area contributed by atoms with Crippen molar-refractivity contribution in [3.8, 4) is 11.4 Å². The first-order chi connectivity index (χ1) is 14.3. The molecule has 0 radical (unpaired) electrons. The predicted molar refractivity (Wildman–Crippen MR) is 121 cm³/mol. The Morgan fingerprint density at radius 3 is 2.40 bits per heavy atom. The SMILES string of the molecule is Cc1nc(N2CCOCC2)c2nc(-c3ccccc3)n(CC(C)(C)CN(C)C)c2n1. The molecule has 1 aromatic carbocycles. The van der Waals surface area contributed by atoms with Gasteiger partial charge in [-0.1, -0.05) is 44.2 Å². The largest absolute Gasteiger partial charge is 0.378 e. The van der Waals surface area contributed by atoms with Crippen molar-refractivity contribution in [2.75, 3.05) is 51.8 Å². The lowest BCUT2D eigenvalue weighted by Crippen LogP contribution is -2.37. The van der Waals surface area contributed by atoms with Gasteiger partial charge in [-0.15, -0.1) is 0 Å². The van der Waals surface area contributed by atoms with E-state index in [0.717, 1.165) is 60.4 Å². The third-order valence-electron chi connectivity index (χ3n) is 5.36. The number of aromatic nitrogens is 4. The molecule has 2 aromatic heterocycles. The monoisotopic (exact) mass is 408 g/mol. The highest BCUT2D eigenvalue weighted by Gasteiger charge is 2.27. The van der Waals surface area contributed by atoms with Crippen molar-refractivity contribution in [2.24, 2.45) is 5.41 Å². The molecule has 1 fully saturated rings. The summed E-state index contributed by atoms with van der Waals surface area (Å²) >= 11 is 0. The highest BCUT2D eigenvalue weighted by molar-refractivity contribution is 5.87. The second-order valence-electron chi connectivity index (χ2n) is 9.16. The second-order valence-corrected chi connectivity index (χ2v) is 9.16. The molecule has 0 saturated carbocycles. The second kappa shape index (κ2) is 8.32. The summed E-state index contributed by atoms with van der Waals surface area (Å²) in [5.74, 6) is 2.64. The normalized spacial score (nSPS) is 15.3. The summed E-state index contributed by atoms with van der Waals surface area (Å²) in [5.41, 5.74) is 2.94. The first-order valence-electron chi connectivity index (χ1n) is 10.6. The molecule has 0 aliphatic carbocycles. The number of morpholine rings is 1. The van der Waals surface area contributed by atoms with Crippen LogP contribution in [0.5, 0.6) is 0 Å². The smallest absolute Gasteiger partial charge is 0.166 e. The van der Waals surface area contributed by atoms with Crippen molar-refractivity contribution in [3.63, 3.8) is 0 Å².